The summed E-state index contributed by atoms with van der Waals surface area (Å²) in [6, 6.07) is -0.625. The Balaban J connectivity index is 4.36. The number of carbonyl (C=O) groups excluding carboxylic acids is 2. The van der Waals surface area contributed by atoms with E-state index in [1.54, 1.807) is 0 Å². The van der Waals surface area contributed by atoms with E-state index in [1.807, 2.05) is 57.6 Å². The maximum absolute atomic E-state index is 12.7. The highest BCUT2D eigenvalue weighted by molar-refractivity contribution is 5.72. The van der Waals surface area contributed by atoms with Gasteiger partial charge in [-0.25, -0.2) is 4.79 Å². The van der Waals surface area contributed by atoms with Crippen molar-refractivity contribution in [3.05, 3.63) is 72.9 Å². The van der Waals surface area contributed by atoms with Crippen LogP contribution in [-0.4, -0.2) is 80.6 Å². The van der Waals surface area contributed by atoms with Crippen molar-refractivity contribution in [3.63, 3.8) is 0 Å². The van der Waals surface area contributed by atoms with E-state index in [1.165, 1.54) is 77.0 Å². The number of quaternary nitrogens is 1. The molecule has 0 saturated heterocycles. The van der Waals surface area contributed by atoms with Crippen LogP contribution >= 0.6 is 0 Å². The maximum atomic E-state index is 12.7. The Morgan fingerprint density at radius 3 is 1.52 bits per heavy atom. The summed E-state index contributed by atoms with van der Waals surface area (Å²) in [7, 11) is 5.50. The van der Waals surface area contributed by atoms with Crippen LogP contribution in [0.4, 0.5) is 0 Å². The zero-order chi connectivity index (χ0) is 41.4. The number of unbranched alkanes of at least 4 members (excludes halogenated alkanes) is 16. The van der Waals surface area contributed by atoms with E-state index >= 15 is 0 Å². The number of carbonyl (C=O) groups is 3. The zero-order valence-corrected chi connectivity index (χ0v) is 36.3. The SMILES string of the molecule is CC/C=C/C=C/C=C/C=C/CCCCCC(=O)OC(COCCC(C(=O)O)[N+](C)(C)C)COC(=O)CCCCCCCCCCCC/C=C/C=C/CCCCC. The Morgan fingerprint density at radius 2 is 1.00 bits per heavy atom. The Kier molecular flexibility index (Phi) is 36.4. The van der Waals surface area contributed by atoms with Crippen LogP contribution in [0.1, 0.15) is 162 Å². The summed E-state index contributed by atoms with van der Waals surface area (Å²) < 4.78 is 17.2. The van der Waals surface area contributed by atoms with Crippen LogP contribution in [0.25, 0.3) is 0 Å². The lowest BCUT2D eigenvalue weighted by molar-refractivity contribution is -0.887. The second-order valence-electron chi connectivity index (χ2n) is 15.7. The van der Waals surface area contributed by atoms with Crippen molar-refractivity contribution in [1.29, 1.82) is 0 Å². The van der Waals surface area contributed by atoms with Crippen LogP contribution in [0, 0.1) is 0 Å². The lowest BCUT2D eigenvalue weighted by atomic mass is 10.1. The number of aliphatic carboxylic acids is 1. The van der Waals surface area contributed by atoms with Crippen LogP contribution < -0.4 is 0 Å². The summed E-state index contributed by atoms with van der Waals surface area (Å²) >= 11 is 0. The predicted octanol–water partition coefficient (Wildman–Crippen LogP) is 12.0. The van der Waals surface area contributed by atoms with Gasteiger partial charge in [0, 0.05) is 19.3 Å². The Bertz CT molecular complexity index is 1140. The zero-order valence-electron chi connectivity index (χ0n) is 36.3. The normalized spacial score (nSPS) is 13.7. The second kappa shape index (κ2) is 38.6. The first-order valence-electron chi connectivity index (χ1n) is 22.0. The quantitative estimate of drug-likeness (QED) is 0.0288. The van der Waals surface area contributed by atoms with Crippen molar-refractivity contribution in [3.8, 4) is 0 Å². The molecule has 0 aliphatic heterocycles. The van der Waals surface area contributed by atoms with E-state index in [4.69, 9.17) is 14.2 Å². The second-order valence-corrected chi connectivity index (χ2v) is 15.7. The van der Waals surface area contributed by atoms with Crippen molar-refractivity contribution in [1.82, 2.24) is 0 Å². The van der Waals surface area contributed by atoms with Crippen LogP contribution in [0.15, 0.2) is 72.9 Å². The third kappa shape index (κ3) is 36.4. The van der Waals surface area contributed by atoms with Crippen LogP contribution in [0.5, 0.6) is 0 Å². The minimum atomic E-state index is -0.885. The van der Waals surface area contributed by atoms with E-state index in [0.29, 0.717) is 19.3 Å². The number of ether oxygens (including phenoxy) is 3. The Morgan fingerprint density at radius 1 is 0.554 bits per heavy atom. The molecule has 0 rings (SSSR count). The van der Waals surface area contributed by atoms with Crippen molar-refractivity contribution in [2.24, 2.45) is 0 Å². The van der Waals surface area contributed by atoms with E-state index < -0.39 is 18.1 Å². The Hall–Kier alpha value is -3.23. The molecule has 0 amide bonds. The molecule has 0 saturated carbocycles. The number of carboxylic acid groups (broad SMARTS) is 1. The number of hydrogen-bond acceptors (Lipinski definition) is 6. The fourth-order valence-electron chi connectivity index (χ4n) is 6.03. The molecular weight excluding hydrogens is 703 g/mol. The molecule has 0 aliphatic carbocycles. The highest BCUT2D eigenvalue weighted by Crippen LogP contribution is 2.14. The summed E-state index contributed by atoms with van der Waals surface area (Å²) in [5.74, 6) is -1.53. The molecular formula is C48H82NO7+. The maximum Gasteiger partial charge on any atom is 0.362 e. The number of rotatable bonds is 38. The molecule has 2 atom stereocenters. The molecule has 0 bridgehead atoms. The van der Waals surface area contributed by atoms with Gasteiger partial charge < -0.3 is 23.8 Å². The number of hydrogen-bond donors (Lipinski definition) is 1. The summed E-state index contributed by atoms with van der Waals surface area (Å²) in [4.78, 5) is 36.9. The number of likely N-dealkylation sites (N-methyl/N-ethyl adjacent to an activating group) is 1. The first-order chi connectivity index (χ1) is 27.1. The molecule has 56 heavy (non-hydrogen) atoms. The molecule has 8 nitrogen and oxygen atoms in total. The van der Waals surface area contributed by atoms with Crippen molar-refractivity contribution in [2.75, 3.05) is 41.0 Å². The molecule has 0 fully saturated rings. The van der Waals surface area contributed by atoms with Gasteiger partial charge in [0.1, 0.15) is 6.61 Å². The fraction of sp³-hybridized carbons (Fsp3) is 0.688. The van der Waals surface area contributed by atoms with E-state index in [2.05, 4.69) is 50.3 Å². The number of esters is 2. The summed E-state index contributed by atoms with van der Waals surface area (Å²) in [5.41, 5.74) is 0. The van der Waals surface area contributed by atoms with Gasteiger partial charge in [-0.15, -0.1) is 0 Å². The molecule has 0 spiro atoms. The largest absolute Gasteiger partial charge is 0.477 e. The Labute approximate surface area is 342 Å². The topological polar surface area (TPSA) is 99.1 Å². The molecule has 1 N–H and O–H groups in total. The first kappa shape index (κ1) is 52.8. The van der Waals surface area contributed by atoms with E-state index in [-0.39, 0.29) is 42.7 Å². The molecule has 8 heteroatoms. The van der Waals surface area contributed by atoms with E-state index in [9.17, 15) is 19.5 Å². The standard InChI is InChI=1S/C48H81NO7/c1-6-8-10-12-14-16-18-20-21-22-23-24-25-27-28-30-32-34-36-38-46(50)55-43-44(42-54-41-40-45(48(52)53)49(3,4)5)56-47(51)39-37-35-33-31-29-26-19-17-15-13-11-9-7-2/h9,11,13-20,26,29,44-45H,6-8,10,12,21-25,27-28,30-43H2,1-5H3/p+1/b11-9+,15-13+,16-14+,19-17+,20-18+,29-26+. The van der Waals surface area contributed by atoms with Crippen LogP contribution in [0.3, 0.4) is 0 Å². The fourth-order valence-corrected chi connectivity index (χ4v) is 6.03. The van der Waals surface area contributed by atoms with Gasteiger partial charge in [-0.05, 0) is 57.8 Å². The third-order valence-corrected chi connectivity index (χ3v) is 9.46. The average Bonchev–Trinajstić information content (AvgIpc) is 3.15. The van der Waals surface area contributed by atoms with E-state index in [0.717, 1.165) is 44.9 Å². The smallest absolute Gasteiger partial charge is 0.362 e. The summed E-state index contributed by atoms with van der Waals surface area (Å²) in [6.07, 6.45) is 48.0. The number of allylic oxidation sites excluding steroid dienone is 12. The summed E-state index contributed by atoms with van der Waals surface area (Å²) in [6.45, 7) is 4.51. The minimum Gasteiger partial charge on any atom is -0.477 e. The number of carboxylic acids is 1. The van der Waals surface area contributed by atoms with Crippen molar-refractivity contribution >= 4 is 17.9 Å². The average molecular weight is 785 g/mol. The van der Waals surface area contributed by atoms with Crippen molar-refractivity contribution < 1.29 is 38.2 Å². The van der Waals surface area contributed by atoms with Gasteiger partial charge in [0.25, 0.3) is 0 Å². The molecule has 0 radical (unpaired) electrons. The lowest BCUT2D eigenvalue weighted by Gasteiger charge is -2.31. The van der Waals surface area contributed by atoms with Gasteiger partial charge in [0.2, 0.25) is 0 Å². The highest BCUT2D eigenvalue weighted by atomic mass is 16.6. The van der Waals surface area contributed by atoms with Crippen molar-refractivity contribution in [2.45, 2.75) is 174 Å². The van der Waals surface area contributed by atoms with Gasteiger partial charge in [-0.1, -0.05) is 157 Å². The molecule has 2 unspecified atom stereocenters. The molecule has 0 aromatic rings. The molecule has 0 heterocycles. The van der Waals surface area contributed by atoms with Gasteiger partial charge in [0.15, 0.2) is 12.1 Å². The highest BCUT2D eigenvalue weighted by Gasteiger charge is 2.31. The van der Waals surface area contributed by atoms with Crippen LogP contribution in [0.2, 0.25) is 0 Å². The van der Waals surface area contributed by atoms with Gasteiger partial charge in [-0.3, -0.25) is 9.59 Å². The number of nitrogens with zero attached hydrogens (tertiary/aromatic N) is 1. The third-order valence-electron chi connectivity index (χ3n) is 9.46. The predicted molar refractivity (Wildman–Crippen MR) is 233 cm³/mol. The monoisotopic (exact) mass is 785 g/mol. The van der Waals surface area contributed by atoms with Crippen LogP contribution in [-0.2, 0) is 28.6 Å². The molecule has 0 aromatic heterocycles. The molecule has 0 aromatic carbocycles. The molecule has 320 valence electrons. The minimum absolute atomic E-state index is 0.0405. The first-order valence-corrected chi connectivity index (χ1v) is 22.0. The van der Waals surface area contributed by atoms with Gasteiger partial charge in [-0.2, -0.15) is 0 Å². The molecule has 0 aliphatic rings. The lowest BCUT2D eigenvalue weighted by Crippen LogP contribution is -2.50. The van der Waals surface area contributed by atoms with Gasteiger partial charge >= 0.3 is 17.9 Å². The summed E-state index contributed by atoms with van der Waals surface area (Å²) in [5, 5.41) is 9.61. The van der Waals surface area contributed by atoms with Gasteiger partial charge in [0.05, 0.1) is 34.4 Å².